The lowest BCUT2D eigenvalue weighted by atomic mass is 10.2. The predicted molar refractivity (Wildman–Crippen MR) is 64.0 cm³/mol. The van der Waals surface area contributed by atoms with Gasteiger partial charge in [-0.05, 0) is 6.92 Å². The Morgan fingerprint density at radius 2 is 1.94 bits per heavy atom. The van der Waals surface area contributed by atoms with Crippen LogP contribution in [0.1, 0.15) is 6.92 Å². The first-order valence-electron chi connectivity index (χ1n) is 5.32. The summed E-state index contributed by atoms with van der Waals surface area (Å²) in [7, 11) is -1.96. The summed E-state index contributed by atoms with van der Waals surface area (Å²) in [5.41, 5.74) is 5.51. The standard InChI is InChI=1S/C8H19N5O3S/c1-7(8(9)11-14)12-3-5-13(6-4-12)17(15,16)10-2/h7,10,14H,3-6H2,1-2H3,(H2,9,11). The number of amidine groups is 1. The second kappa shape index (κ2) is 5.63. The Kier molecular flexibility index (Phi) is 4.69. The highest BCUT2D eigenvalue weighted by Gasteiger charge is 2.28. The van der Waals surface area contributed by atoms with E-state index >= 15 is 0 Å². The molecule has 1 saturated heterocycles. The van der Waals surface area contributed by atoms with Crippen LogP contribution < -0.4 is 10.5 Å². The van der Waals surface area contributed by atoms with E-state index in [1.165, 1.54) is 11.4 Å². The lowest BCUT2D eigenvalue weighted by Crippen LogP contribution is -2.55. The van der Waals surface area contributed by atoms with Gasteiger partial charge in [-0.25, -0.2) is 4.72 Å². The Bertz CT molecular complexity index is 375. The molecule has 0 saturated carbocycles. The fraction of sp³-hybridized carbons (Fsp3) is 0.875. The number of nitrogens with two attached hydrogens (primary N) is 1. The molecular weight excluding hydrogens is 246 g/mol. The van der Waals surface area contributed by atoms with E-state index < -0.39 is 10.2 Å². The number of piperazine rings is 1. The van der Waals surface area contributed by atoms with Crippen molar-refractivity contribution in [2.75, 3.05) is 33.2 Å². The minimum Gasteiger partial charge on any atom is -0.409 e. The summed E-state index contributed by atoms with van der Waals surface area (Å²) in [6.45, 7) is 3.71. The van der Waals surface area contributed by atoms with Crippen molar-refractivity contribution >= 4 is 16.0 Å². The van der Waals surface area contributed by atoms with E-state index in [9.17, 15) is 8.42 Å². The molecule has 1 atom stereocenters. The Labute approximate surface area is 101 Å². The number of nitrogens with one attached hydrogen (secondary N) is 1. The first kappa shape index (κ1) is 14.2. The number of hydrogen-bond acceptors (Lipinski definition) is 5. The fourth-order valence-electron chi connectivity index (χ4n) is 1.73. The third-order valence-electron chi connectivity index (χ3n) is 2.96. The zero-order valence-corrected chi connectivity index (χ0v) is 10.8. The van der Waals surface area contributed by atoms with Crippen molar-refractivity contribution in [2.24, 2.45) is 10.9 Å². The van der Waals surface area contributed by atoms with Gasteiger partial charge in [0, 0.05) is 33.2 Å². The largest absolute Gasteiger partial charge is 0.409 e. The second-order valence-corrected chi connectivity index (χ2v) is 5.72. The molecule has 9 heteroatoms. The second-order valence-electron chi connectivity index (χ2n) is 3.85. The SMILES string of the molecule is CNS(=O)(=O)N1CCN(C(C)C(N)=NO)CC1. The normalized spacial score (nSPS) is 22.6. The summed E-state index contributed by atoms with van der Waals surface area (Å²) < 4.78 is 26.7. The first-order chi connectivity index (χ1) is 7.92. The molecule has 4 N–H and O–H groups in total. The molecule has 0 aromatic carbocycles. The molecule has 1 aliphatic heterocycles. The van der Waals surface area contributed by atoms with Crippen LogP contribution in [-0.2, 0) is 10.2 Å². The van der Waals surface area contributed by atoms with Crippen LogP contribution in [-0.4, -0.2) is 67.9 Å². The fourth-order valence-corrected chi connectivity index (χ4v) is 2.63. The number of nitrogens with zero attached hydrogens (tertiary/aromatic N) is 3. The summed E-state index contributed by atoms with van der Waals surface area (Å²) in [6, 6.07) is -0.195. The molecule has 8 nitrogen and oxygen atoms in total. The molecule has 1 fully saturated rings. The molecule has 0 amide bonds. The van der Waals surface area contributed by atoms with E-state index in [0.29, 0.717) is 26.2 Å². The maximum Gasteiger partial charge on any atom is 0.279 e. The molecule has 17 heavy (non-hydrogen) atoms. The minimum atomic E-state index is -3.35. The van der Waals surface area contributed by atoms with Crippen molar-refractivity contribution in [3.05, 3.63) is 0 Å². The summed E-state index contributed by atoms with van der Waals surface area (Å²) in [5.74, 6) is 0.134. The Morgan fingerprint density at radius 3 is 2.35 bits per heavy atom. The summed E-state index contributed by atoms with van der Waals surface area (Å²) in [5, 5.41) is 11.5. The Balaban J connectivity index is 2.57. The maximum atomic E-state index is 11.5. The average Bonchev–Trinajstić information content (AvgIpc) is 2.37. The molecule has 100 valence electrons. The monoisotopic (exact) mass is 265 g/mol. The van der Waals surface area contributed by atoms with Crippen LogP contribution in [0.4, 0.5) is 0 Å². The third kappa shape index (κ3) is 3.28. The third-order valence-corrected chi connectivity index (χ3v) is 4.52. The van der Waals surface area contributed by atoms with Crippen LogP contribution in [0.3, 0.4) is 0 Å². The molecule has 0 radical (unpaired) electrons. The maximum absolute atomic E-state index is 11.5. The summed E-state index contributed by atoms with van der Waals surface area (Å²) in [4.78, 5) is 1.97. The molecular formula is C8H19N5O3S. The van der Waals surface area contributed by atoms with Crippen molar-refractivity contribution in [1.29, 1.82) is 0 Å². The Hall–Kier alpha value is -0.900. The van der Waals surface area contributed by atoms with Gasteiger partial charge in [-0.15, -0.1) is 0 Å². The van der Waals surface area contributed by atoms with E-state index in [-0.39, 0.29) is 11.9 Å². The summed E-state index contributed by atoms with van der Waals surface area (Å²) >= 11 is 0. The van der Waals surface area contributed by atoms with Gasteiger partial charge in [-0.1, -0.05) is 5.16 Å². The zero-order valence-electron chi connectivity index (χ0n) is 10.00. The van der Waals surface area contributed by atoms with Crippen LogP contribution in [0.25, 0.3) is 0 Å². The minimum absolute atomic E-state index is 0.134. The smallest absolute Gasteiger partial charge is 0.279 e. The molecule has 0 aromatic heterocycles. The van der Waals surface area contributed by atoms with Crippen molar-refractivity contribution in [3.63, 3.8) is 0 Å². The van der Waals surface area contributed by atoms with Crippen molar-refractivity contribution in [1.82, 2.24) is 13.9 Å². The van der Waals surface area contributed by atoms with Gasteiger partial charge < -0.3 is 10.9 Å². The van der Waals surface area contributed by atoms with Gasteiger partial charge in [0.2, 0.25) is 0 Å². The van der Waals surface area contributed by atoms with Gasteiger partial charge in [-0.3, -0.25) is 4.90 Å². The van der Waals surface area contributed by atoms with E-state index in [0.717, 1.165) is 0 Å². The molecule has 1 heterocycles. The van der Waals surface area contributed by atoms with Crippen LogP contribution in [0.15, 0.2) is 5.16 Å². The quantitative estimate of drug-likeness (QED) is 0.240. The van der Waals surface area contributed by atoms with Crippen molar-refractivity contribution in [3.8, 4) is 0 Å². The van der Waals surface area contributed by atoms with Crippen LogP contribution in [0.2, 0.25) is 0 Å². The van der Waals surface area contributed by atoms with Gasteiger partial charge in [-0.2, -0.15) is 12.7 Å². The van der Waals surface area contributed by atoms with E-state index in [4.69, 9.17) is 10.9 Å². The van der Waals surface area contributed by atoms with E-state index in [1.54, 1.807) is 0 Å². The summed E-state index contributed by atoms with van der Waals surface area (Å²) in [6.07, 6.45) is 0. The molecule has 1 unspecified atom stereocenters. The van der Waals surface area contributed by atoms with Crippen molar-refractivity contribution in [2.45, 2.75) is 13.0 Å². The van der Waals surface area contributed by atoms with Gasteiger partial charge in [0.1, 0.15) is 0 Å². The molecule has 1 aliphatic rings. The van der Waals surface area contributed by atoms with Crippen LogP contribution >= 0.6 is 0 Å². The highest BCUT2D eigenvalue weighted by atomic mass is 32.2. The van der Waals surface area contributed by atoms with Crippen molar-refractivity contribution < 1.29 is 13.6 Å². The average molecular weight is 265 g/mol. The van der Waals surface area contributed by atoms with Gasteiger partial charge >= 0.3 is 0 Å². The predicted octanol–water partition coefficient (Wildman–Crippen LogP) is -1.80. The Morgan fingerprint density at radius 1 is 1.41 bits per heavy atom. The van der Waals surface area contributed by atoms with Gasteiger partial charge in [0.05, 0.1) is 6.04 Å². The number of hydrogen-bond donors (Lipinski definition) is 3. The highest BCUT2D eigenvalue weighted by Crippen LogP contribution is 2.09. The van der Waals surface area contributed by atoms with Gasteiger partial charge in [0.15, 0.2) is 5.84 Å². The number of rotatable bonds is 4. The molecule has 0 spiro atoms. The van der Waals surface area contributed by atoms with Crippen LogP contribution in [0.5, 0.6) is 0 Å². The topological polar surface area (TPSA) is 111 Å². The molecule has 0 aliphatic carbocycles. The lowest BCUT2D eigenvalue weighted by Gasteiger charge is -2.36. The molecule has 0 bridgehead atoms. The van der Waals surface area contributed by atoms with E-state index in [1.807, 2.05) is 11.8 Å². The van der Waals surface area contributed by atoms with E-state index in [2.05, 4.69) is 9.88 Å². The first-order valence-corrected chi connectivity index (χ1v) is 6.76. The van der Waals surface area contributed by atoms with Crippen LogP contribution in [0, 0.1) is 0 Å². The molecule has 1 rings (SSSR count). The molecule has 0 aromatic rings. The lowest BCUT2D eigenvalue weighted by molar-refractivity contribution is 0.170. The zero-order chi connectivity index (χ0) is 13.1. The number of oxime groups is 1. The highest BCUT2D eigenvalue weighted by molar-refractivity contribution is 7.87. The van der Waals surface area contributed by atoms with Gasteiger partial charge in [0.25, 0.3) is 10.2 Å².